The fourth-order valence-corrected chi connectivity index (χ4v) is 1.17. The fraction of sp³-hybridized carbons (Fsp3) is 0.200. The molecule has 0 aromatic heterocycles. The van der Waals surface area contributed by atoms with E-state index >= 15 is 0 Å². The second-order valence-electron chi connectivity index (χ2n) is 2.78. The van der Waals surface area contributed by atoms with Crippen LogP contribution in [-0.4, -0.2) is 12.0 Å². The number of ether oxygens (including phenoxy) is 1. The molecule has 0 unspecified atom stereocenters. The Morgan fingerprint density at radius 1 is 1.50 bits per heavy atom. The van der Waals surface area contributed by atoms with E-state index in [4.69, 9.17) is 4.74 Å². The molecule has 1 aromatic rings. The molecule has 0 aliphatic rings. The van der Waals surface area contributed by atoms with Gasteiger partial charge in [0.25, 0.3) is 0 Å². The minimum absolute atomic E-state index is 0.487. The lowest BCUT2D eigenvalue weighted by Crippen LogP contribution is -1.90. The molecule has 0 saturated carbocycles. The first kappa shape index (κ1) is 10.2. The van der Waals surface area contributed by atoms with Gasteiger partial charge in [-0.1, -0.05) is 12.1 Å². The van der Waals surface area contributed by atoms with Gasteiger partial charge in [-0.2, -0.15) is 0 Å². The summed E-state index contributed by atoms with van der Waals surface area (Å²) in [6, 6.07) is 5.42. The van der Waals surface area contributed by atoms with Gasteiger partial charge in [0, 0.05) is 6.08 Å². The van der Waals surface area contributed by atoms with Gasteiger partial charge in [-0.25, -0.2) is 0 Å². The molecule has 1 aromatic carbocycles. The van der Waals surface area contributed by atoms with Crippen LogP contribution in [0, 0.1) is 17.0 Å². The third-order valence-corrected chi connectivity index (χ3v) is 1.92. The monoisotopic (exact) mass is 193 g/mol. The van der Waals surface area contributed by atoms with E-state index in [1.807, 2.05) is 13.0 Å². The molecule has 0 aliphatic heterocycles. The van der Waals surface area contributed by atoms with Crippen molar-refractivity contribution in [3.8, 4) is 5.75 Å². The van der Waals surface area contributed by atoms with E-state index in [9.17, 15) is 10.1 Å². The minimum atomic E-state index is -0.487. The number of methoxy groups -OCH3 is 1. The Bertz CT molecular complexity index is 372. The van der Waals surface area contributed by atoms with Crippen molar-refractivity contribution >= 4 is 6.08 Å². The maximum atomic E-state index is 10.1. The van der Waals surface area contributed by atoms with Gasteiger partial charge in [0.2, 0.25) is 6.20 Å². The number of hydrogen-bond acceptors (Lipinski definition) is 3. The van der Waals surface area contributed by atoms with Crippen molar-refractivity contribution in [1.29, 1.82) is 0 Å². The molecule has 0 heterocycles. The summed E-state index contributed by atoms with van der Waals surface area (Å²) in [5, 5.41) is 10.1. The summed E-state index contributed by atoms with van der Waals surface area (Å²) in [4.78, 5) is 9.64. The summed E-state index contributed by atoms with van der Waals surface area (Å²) in [5.74, 6) is 0.732. The molecule has 0 atom stereocenters. The normalized spacial score (nSPS) is 10.4. The zero-order chi connectivity index (χ0) is 10.6. The van der Waals surface area contributed by atoms with E-state index in [1.165, 1.54) is 6.08 Å². The molecule has 1 rings (SSSR count). The summed E-state index contributed by atoms with van der Waals surface area (Å²) in [5.41, 5.74) is 1.69. The lowest BCUT2D eigenvalue weighted by atomic mass is 10.1. The summed E-state index contributed by atoms with van der Waals surface area (Å²) in [6.07, 6.45) is 2.37. The average Bonchev–Trinajstić information content (AvgIpc) is 2.16. The molecule has 0 fully saturated rings. The van der Waals surface area contributed by atoms with Gasteiger partial charge in [0.05, 0.1) is 12.0 Å². The molecule has 0 saturated heterocycles. The largest absolute Gasteiger partial charge is 0.496 e. The molecule has 14 heavy (non-hydrogen) atoms. The number of rotatable bonds is 3. The van der Waals surface area contributed by atoms with Gasteiger partial charge in [-0.15, -0.1) is 0 Å². The number of nitrogens with zero attached hydrogens (tertiary/aromatic N) is 1. The van der Waals surface area contributed by atoms with Crippen LogP contribution in [0.15, 0.2) is 24.4 Å². The average molecular weight is 193 g/mol. The van der Waals surface area contributed by atoms with Gasteiger partial charge in [0.1, 0.15) is 5.75 Å². The topological polar surface area (TPSA) is 52.4 Å². The van der Waals surface area contributed by atoms with Crippen LogP contribution < -0.4 is 4.74 Å². The Morgan fingerprint density at radius 2 is 2.21 bits per heavy atom. The lowest BCUT2D eigenvalue weighted by Gasteiger charge is -2.05. The maximum absolute atomic E-state index is 10.1. The predicted octanol–water partition coefficient (Wildman–Crippen LogP) is 2.25. The molecular formula is C10H11NO3. The Morgan fingerprint density at radius 3 is 2.79 bits per heavy atom. The Hall–Kier alpha value is -1.84. The van der Waals surface area contributed by atoms with E-state index in [2.05, 4.69) is 0 Å². The van der Waals surface area contributed by atoms with Crippen molar-refractivity contribution in [2.24, 2.45) is 0 Å². The Labute approximate surface area is 82.0 Å². The van der Waals surface area contributed by atoms with Crippen LogP contribution in [0.3, 0.4) is 0 Å². The van der Waals surface area contributed by atoms with Crippen LogP contribution in [0.4, 0.5) is 0 Å². The molecule has 0 aliphatic carbocycles. The second-order valence-corrected chi connectivity index (χ2v) is 2.78. The lowest BCUT2D eigenvalue weighted by molar-refractivity contribution is -0.400. The van der Waals surface area contributed by atoms with Gasteiger partial charge in [-0.3, -0.25) is 10.1 Å². The SMILES string of the molecule is COc1cccc(C=C[N+](=O)[O-])c1C. The van der Waals surface area contributed by atoms with Gasteiger partial charge in [-0.05, 0) is 24.1 Å². The molecule has 4 nitrogen and oxygen atoms in total. The van der Waals surface area contributed by atoms with Crippen LogP contribution in [0.25, 0.3) is 6.08 Å². The van der Waals surface area contributed by atoms with E-state index in [0.29, 0.717) is 0 Å². The number of hydrogen-bond donors (Lipinski definition) is 0. The highest BCUT2D eigenvalue weighted by atomic mass is 16.6. The van der Waals surface area contributed by atoms with Crippen LogP contribution >= 0.6 is 0 Å². The first-order valence-electron chi connectivity index (χ1n) is 4.10. The van der Waals surface area contributed by atoms with E-state index < -0.39 is 4.92 Å². The third-order valence-electron chi connectivity index (χ3n) is 1.92. The summed E-state index contributed by atoms with van der Waals surface area (Å²) in [7, 11) is 1.57. The molecule has 4 heteroatoms. The predicted molar refractivity (Wildman–Crippen MR) is 53.8 cm³/mol. The van der Waals surface area contributed by atoms with Gasteiger partial charge < -0.3 is 4.74 Å². The minimum Gasteiger partial charge on any atom is -0.496 e. The second kappa shape index (κ2) is 4.41. The number of benzene rings is 1. The quantitative estimate of drug-likeness (QED) is 0.546. The molecule has 0 bridgehead atoms. The maximum Gasteiger partial charge on any atom is 0.235 e. The third kappa shape index (κ3) is 2.32. The highest BCUT2D eigenvalue weighted by Crippen LogP contribution is 2.21. The molecule has 0 N–H and O–H groups in total. The first-order chi connectivity index (χ1) is 6.65. The first-order valence-corrected chi connectivity index (χ1v) is 4.10. The summed E-state index contributed by atoms with van der Waals surface area (Å²) >= 11 is 0. The standard InChI is InChI=1S/C10H11NO3/c1-8-9(6-7-11(12)13)4-3-5-10(8)14-2/h3-7H,1-2H3. The van der Waals surface area contributed by atoms with Crippen LogP contribution in [0.1, 0.15) is 11.1 Å². The molecule has 74 valence electrons. The summed E-state index contributed by atoms with van der Waals surface area (Å²) < 4.78 is 5.09. The molecule has 0 spiro atoms. The zero-order valence-electron chi connectivity index (χ0n) is 8.06. The van der Waals surface area contributed by atoms with Crippen molar-refractivity contribution in [3.63, 3.8) is 0 Å². The van der Waals surface area contributed by atoms with Gasteiger partial charge in [0.15, 0.2) is 0 Å². The van der Waals surface area contributed by atoms with E-state index in [0.717, 1.165) is 23.1 Å². The highest BCUT2D eigenvalue weighted by Gasteiger charge is 2.01. The van der Waals surface area contributed by atoms with Crippen molar-refractivity contribution in [1.82, 2.24) is 0 Å². The fourth-order valence-electron chi connectivity index (χ4n) is 1.17. The zero-order valence-corrected chi connectivity index (χ0v) is 8.06. The molecule has 0 amide bonds. The van der Waals surface area contributed by atoms with Gasteiger partial charge >= 0.3 is 0 Å². The smallest absolute Gasteiger partial charge is 0.235 e. The van der Waals surface area contributed by atoms with Crippen molar-refractivity contribution < 1.29 is 9.66 Å². The molecule has 0 radical (unpaired) electrons. The summed E-state index contributed by atoms with van der Waals surface area (Å²) in [6.45, 7) is 1.86. The highest BCUT2D eigenvalue weighted by molar-refractivity contribution is 5.56. The molecular weight excluding hydrogens is 182 g/mol. The van der Waals surface area contributed by atoms with Crippen LogP contribution in [-0.2, 0) is 0 Å². The van der Waals surface area contributed by atoms with E-state index in [-0.39, 0.29) is 0 Å². The van der Waals surface area contributed by atoms with Crippen LogP contribution in [0.2, 0.25) is 0 Å². The van der Waals surface area contributed by atoms with E-state index in [1.54, 1.807) is 19.2 Å². The number of nitro groups is 1. The Kier molecular flexibility index (Phi) is 3.23. The van der Waals surface area contributed by atoms with Crippen molar-refractivity contribution in [3.05, 3.63) is 45.6 Å². The van der Waals surface area contributed by atoms with Crippen molar-refractivity contribution in [2.45, 2.75) is 6.92 Å². The van der Waals surface area contributed by atoms with Crippen LogP contribution in [0.5, 0.6) is 5.75 Å². The van der Waals surface area contributed by atoms with Crippen molar-refractivity contribution in [2.75, 3.05) is 7.11 Å². The Balaban J connectivity index is 3.03.